The second-order valence-electron chi connectivity index (χ2n) is 3.77. The zero-order valence-corrected chi connectivity index (χ0v) is 10.5. The summed E-state index contributed by atoms with van der Waals surface area (Å²) in [6, 6.07) is 3.32. The number of hydrogen-bond acceptors (Lipinski definition) is 3. The van der Waals surface area contributed by atoms with Crippen LogP contribution >= 0.6 is 0 Å². The van der Waals surface area contributed by atoms with Crippen LogP contribution in [0.1, 0.15) is 12.8 Å². The van der Waals surface area contributed by atoms with Crippen molar-refractivity contribution in [3.63, 3.8) is 0 Å². The summed E-state index contributed by atoms with van der Waals surface area (Å²) in [7, 11) is -4.26. The monoisotopic (exact) mass is 300 g/mol. The van der Waals surface area contributed by atoms with E-state index in [9.17, 15) is 26.0 Å². The maximum Gasteiger partial charge on any atom is 0.389 e. The van der Waals surface area contributed by atoms with Gasteiger partial charge in [-0.25, -0.2) is 17.5 Å². The molecule has 4 nitrogen and oxygen atoms in total. The molecule has 1 aromatic carbocycles. The smallest absolute Gasteiger partial charge is 0.389 e. The lowest BCUT2D eigenvalue weighted by atomic mass is 10.3. The molecule has 0 saturated carbocycles. The first-order valence-corrected chi connectivity index (χ1v) is 6.72. The van der Waals surface area contributed by atoms with E-state index in [1.807, 2.05) is 4.72 Å². The largest absolute Gasteiger partial charge is 0.398 e. The Morgan fingerprint density at radius 3 is 2.42 bits per heavy atom. The van der Waals surface area contributed by atoms with Gasteiger partial charge in [-0.3, -0.25) is 0 Å². The number of rotatable bonds is 5. The lowest BCUT2D eigenvalue weighted by molar-refractivity contribution is -0.135. The molecule has 0 unspecified atom stereocenters. The second kappa shape index (κ2) is 5.74. The third-order valence-corrected chi connectivity index (χ3v) is 3.75. The molecule has 0 aliphatic rings. The molecule has 0 saturated heterocycles. The molecule has 1 rings (SSSR count). The van der Waals surface area contributed by atoms with E-state index in [-0.39, 0.29) is 5.69 Å². The summed E-state index contributed by atoms with van der Waals surface area (Å²) in [6.45, 7) is -0.449. The summed E-state index contributed by atoms with van der Waals surface area (Å²) in [5.74, 6) is -1.05. The molecule has 0 aromatic heterocycles. The highest BCUT2D eigenvalue weighted by Crippen LogP contribution is 2.23. The molecule has 9 heteroatoms. The van der Waals surface area contributed by atoms with Crippen LogP contribution in [-0.4, -0.2) is 21.1 Å². The minimum atomic E-state index is -4.36. The van der Waals surface area contributed by atoms with Gasteiger partial charge in [0.2, 0.25) is 10.0 Å². The minimum absolute atomic E-state index is 0.302. The van der Waals surface area contributed by atoms with Crippen molar-refractivity contribution in [1.82, 2.24) is 4.72 Å². The van der Waals surface area contributed by atoms with Crippen LogP contribution in [0.4, 0.5) is 23.2 Å². The Morgan fingerprint density at radius 1 is 1.26 bits per heavy atom. The van der Waals surface area contributed by atoms with Crippen LogP contribution in [-0.2, 0) is 10.0 Å². The SMILES string of the molecule is Nc1cccc(F)c1S(=O)(=O)NCCCC(F)(F)F. The molecule has 19 heavy (non-hydrogen) atoms. The Hall–Kier alpha value is -1.35. The number of nitrogens with two attached hydrogens (primary N) is 1. The van der Waals surface area contributed by atoms with Gasteiger partial charge in [-0.05, 0) is 18.6 Å². The van der Waals surface area contributed by atoms with Crippen molar-refractivity contribution >= 4 is 15.7 Å². The van der Waals surface area contributed by atoms with E-state index in [0.29, 0.717) is 0 Å². The number of anilines is 1. The van der Waals surface area contributed by atoms with E-state index >= 15 is 0 Å². The fraction of sp³-hybridized carbons (Fsp3) is 0.400. The van der Waals surface area contributed by atoms with Crippen LogP contribution in [0.2, 0.25) is 0 Å². The van der Waals surface area contributed by atoms with Crippen LogP contribution in [0.3, 0.4) is 0 Å². The third-order valence-electron chi connectivity index (χ3n) is 2.20. The van der Waals surface area contributed by atoms with E-state index in [2.05, 4.69) is 0 Å². The number of halogens is 4. The summed E-state index contributed by atoms with van der Waals surface area (Å²) < 4.78 is 74.2. The highest BCUT2D eigenvalue weighted by molar-refractivity contribution is 7.89. The number of hydrogen-bond donors (Lipinski definition) is 2. The van der Waals surface area contributed by atoms with Gasteiger partial charge in [0.05, 0.1) is 5.69 Å². The summed E-state index contributed by atoms with van der Waals surface area (Å²) in [6.07, 6.45) is -5.91. The Kier molecular flexibility index (Phi) is 4.75. The van der Waals surface area contributed by atoms with Crippen LogP contribution in [0.25, 0.3) is 0 Å². The van der Waals surface area contributed by atoms with E-state index in [4.69, 9.17) is 5.73 Å². The van der Waals surface area contributed by atoms with Gasteiger partial charge in [0.1, 0.15) is 10.7 Å². The molecule has 0 spiro atoms. The van der Waals surface area contributed by atoms with Gasteiger partial charge in [0.25, 0.3) is 0 Å². The van der Waals surface area contributed by atoms with Gasteiger partial charge in [-0.15, -0.1) is 0 Å². The lowest BCUT2D eigenvalue weighted by Crippen LogP contribution is -2.27. The maximum atomic E-state index is 13.4. The zero-order chi connectivity index (χ0) is 14.7. The van der Waals surface area contributed by atoms with Crippen molar-refractivity contribution in [3.05, 3.63) is 24.0 Å². The molecule has 108 valence electrons. The quantitative estimate of drug-likeness (QED) is 0.496. The Bertz CT molecular complexity index is 523. The molecule has 0 aliphatic carbocycles. The molecule has 0 heterocycles. The highest BCUT2D eigenvalue weighted by Gasteiger charge is 2.27. The number of nitrogen functional groups attached to an aromatic ring is 1. The van der Waals surface area contributed by atoms with Gasteiger partial charge in [0.15, 0.2) is 0 Å². The summed E-state index contributed by atoms with van der Waals surface area (Å²) in [4.78, 5) is -0.748. The van der Waals surface area contributed by atoms with Crippen molar-refractivity contribution < 1.29 is 26.0 Å². The average Bonchev–Trinajstić information content (AvgIpc) is 2.22. The van der Waals surface area contributed by atoms with Crippen LogP contribution in [0, 0.1) is 5.82 Å². The summed E-state index contributed by atoms with van der Waals surface area (Å²) >= 11 is 0. The maximum absolute atomic E-state index is 13.4. The lowest BCUT2D eigenvalue weighted by Gasteiger charge is -2.10. The fourth-order valence-corrected chi connectivity index (χ4v) is 2.64. The summed E-state index contributed by atoms with van der Waals surface area (Å²) in [5.41, 5.74) is 5.04. The topological polar surface area (TPSA) is 72.2 Å². The van der Waals surface area contributed by atoms with E-state index < -0.39 is 46.3 Å². The Balaban J connectivity index is 2.72. The molecular weight excluding hydrogens is 288 g/mol. The number of nitrogens with one attached hydrogen (secondary N) is 1. The average molecular weight is 300 g/mol. The van der Waals surface area contributed by atoms with Gasteiger partial charge in [-0.1, -0.05) is 6.07 Å². The minimum Gasteiger partial charge on any atom is -0.398 e. The first-order chi connectivity index (χ1) is 8.63. The van der Waals surface area contributed by atoms with Crippen molar-refractivity contribution in [3.8, 4) is 0 Å². The van der Waals surface area contributed by atoms with E-state index in [0.717, 1.165) is 6.07 Å². The normalized spacial score (nSPS) is 12.6. The number of benzene rings is 1. The summed E-state index contributed by atoms with van der Waals surface area (Å²) in [5, 5.41) is 0. The van der Waals surface area contributed by atoms with Gasteiger partial charge in [-0.2, -0.15) is 13.2 Å². The zero-order valence-electron chi connectivity index (χ0n) is 9.67. The Morgan fingerprint density at radius 2 is 1.89 bits per heavy atom. The fourth-order valence-electron chi connectivity index (χ4n) is 1.38. The van der Waals surface area contributed by atoms with Gasteiger partial charge < -0.3 is 5.73 Å². The van der Waals surface area contributed by atoms with Crippen LogP contribution in [0.5, 0.6) is 0 Å². The molecule has 0 amide bonds. The second-order valence-corrected chi connectivity index (χ2v) is 5.48. The van der Waals surface area contributed by atoms with Crippen molar-refractivity contribution in [2.75, 3.05) is 12.3 Å². The van der Waals surface area contributed by atoms with E-state index in [1.54, 1.807) is 0 Å². The predicted octanol–water partition coefficient (Wildman–Crippen LogP) is 2.03. The van der Waals surface area contributed by atoms with Gasteiger partial charge >= 0.3 is 6.18 Å². The third kappa shape index (κ3) is 4.67. The van der Waals surface area contributed by atoms with E-state index in [1.165, 1.54) is 12.1 Å². The van der Waals surface area contributed by atoms with Crippen molar-refractivity contribution in [2.45, 2.75) is 23.9 Å². The molecule has 3 N–H and O–H groups in total. The molecule has 0 atom stereocenters. The molecule has 1 aromatic rings. The van der Waals surface area contributed by atoms with Gasteiger partial charge in [0, 0.05) is 13.0 Å². The highest BCUT2D eigenvalue weighted by atomic mass is 32.2. The molecular formula is C10H12F4N2O2S. The predicted molar refractivity (Wildman–Crippen MR) is 61.3 cm³/mol. The standard InChI is InChI=1S/C10H12F4N2O2S/c11-7-3-1-4-8(15)9(7)19(17,18)16-6-2-5-10(12,13)14/h1,3-4,16H,2,5-6,15H2. The molecule has 0 bridgehead atoms. The molecule has 0 radical (unpaired) electrons. The molecule has 0 aliphatic heterocycles. The first kappa shape index (κ1) is 15.7. The number of sulfonamides is 1. The molecule has 0 fully saturated rings. The van der Waals surface area contributed by atoms with Crippen LogP contribution < -0.4 is 10.5 Å². The van der Waals surface area contributed by atoms with Crippen molar-refractivity contribution in [1.29, 1.82) is 0 Å². The number of alkyl halides is 3. The Labute approximate surface area is 107 Å². The van der Waals surface area contributed by atoms with Crippen LogP contribution in [0.15, 0.2) is 23.1 Å². The van der Waals surface area contributed by atoms with Crippen molar-refractivity contribution in [2.24, 2.45) is 0 Å². The first-order valence-electron chi connectivity index (χ1n) is 5.24.